The van der Waals surface area contributed by atoms with E-state index in [1.807, 2.05) is 43.3 Å². The Balaban J connectivity index is 1.81. The van der Waals surface area contributed by atoms with Gasteiger partial charge in [-0.3, -0.25) is 4.79 Å². The molecule has 2 aromatic rings. The lowest BCUT2D eigenvalue weighted by Crippen LogP contribution is -2.37. The Morgan fingerprint density at radius 2 is 1.91 bits per heavy atom. The van der Waals surface area contributed by atoms with Crippen LogP contribution in [0.5, 0.6) is 0 Å². The third-order valence-corrected chi connectivity index (χ3v) is 3.41. The minimum absolute atomic E-state index is 0.186. The van der Waals surface area contributed by atoms with E-state index >= 15 is 0 Å². The van der Waals surface area contributed by atoms with Gasteiger partial charge in [-0.2, -0.15) is 0 Å². The van der Waals surface area contributed by atoms with E-state index in [4.69, 9.17) is 4.74 Å². The van der Waals surface area contributed by atoms with Gasteiger partial charge in [0, 0.05) is 30.5 Å². The summed E-state index contributed by atoms with van der Waals surface area (Å²) in [6.45, 7) is 4.76. The van der Waals surface area contributed by atoms with Crippen LogP contribution in [0.4, 0.5) is 11.5 Å². The molecule has 1 aromatic carbocycles. The predicted molar refractivity (Wildman–Crippen MR) is 84.2 cm³/mol. The number of hydrogen-bond donors (Lipinski definition) is 1. The lowest BCUT2D eigenvalue weighted by Gasteiger charge is -2.28. The van der Waals surface area contributed by atoms with Gasteiger partial charge >= 0.3 is 0 Å². The number of morpholine rings is 1. The minimum Gasteiger partial charge on any atom is -0.378 e. The molecule has 0 radical (unpaired) electrons. The molecule has 1 aromatic heterocycles. The Bertz CT molecular complexity index is 654. The number of amides is 1. The molecule has 0 unspecified atom stereocenters. The van der Waals surface area contributed by atoms with E-state index in [9.17, 15) is 4.79 Å². The van der Waals surface area contributed by atoms with Gasteiger partial charge in [0.05, 0.1) is 13.2 Å². The minimum atomic E-state index is -0.301. The summed E-state index contributed by atoms with van der Waals surface area (Å²) >= 11 is 0. The van der Waals surface area contributed by atoms with E-state index in [1.54, 1.807) is 0 Å². The number of nitrogens with one attached hydrogen (secondary N) is 1. The summed E-state index contributed by atoms with van der Waals surface area (Å²) in [7, 11) is 0. The molecule has 1 saturated heterocycles. The fourth-order valence-corrected chi connectivity index (χ4v) is 2.32. The lowest BCUT2D eigenvalue weighted by atomic mass is 10.3. The SMILES string of the molecule is Cc1cc(N2CCOCC2)nc(C(=O)Nc2ccccc2)n1. The fourth-order valence-electron chi connectivity index (χ4n) is 2.32. The van der Waals surface area contributed by atoms with Crippen molar-refractivity contribution in [3.05, 3.63) is 47.9 Å². The molecule has 6 nitrogen and oxygen atoms in total. The Labute approximate surface area is 129 Å². The van der Waals surface area contributed by atoms with Gasteiger partial charge < -0.3 is 15.0 Å². The van der Waals surface area contributed by atoms with Crippen molar-refractivity contribution in [1.29, 1.82) is 0 Å². The predicted octanol–water partition coefficient (Wildman–Crippen LogP) is 1.87. The van der Waals surface area contributed by atoms with Gasteiger partial charge in [-0.25, -0.2) is 9.97 Å². The Kier molecular flexibility index (Phi) is 4.29. The van der Waals surface area contributed by atoms with Crippen LogP contribution in [0.25, 0.3) is 0 Å². The number of anilines is 2. The van der Waals surface area contributed by atoms with Crippen LogP contribution in [0.3, 0.4) is 0 Å². The molecular formula is C16H18N4O2. The van der Waals surface area contributed by atoms with Crippen molar-refractivity contribution in [3.63, 3.8) is 0 Å². The molecule has 1 aliphatic rings. The molecule has 0 bridgehead atoms. The van der Waals surface area contributed by atoms with Crippen LogP contribution in [-0.4, -0.2) is 42.2 Å². The molecule has 1 fully saturated rings. The third-order valence-electron chi connectivity index (χ3n) is 3.41. The molecule has 1 N–H and O–H groups in total. The quantitative estimate of drug-likeness (QED) is 0.937. The van der Waals surface area contributed by atoms with Crippen molar-refractivity contribution in [2.75, 3.05) is 36.5 Å². The average Bonchev–Trinajstić information content (AvgIpc) is 2.56. The molecular weight excluding hydrogens is 280 g/mol. The molecule has 114 valence electrons. The van der Waals surface area contributed by atoms with E-state index < -0.39 is 0 Å². The topological polar surface area (TPSA) is 67.3 Å². The maximum atomic E-state index is 12.3. The molecule has 0 aliphatic carbocycles. The van der Waals surface area contributed by atoms with Crippen LogP contribution in [0.2, 0.25) is 0 Å². The van der Waals surface area contributed by atoms with Gasteiger partial charge in [-0.05, 0) is 19.1 Å². The van der Waals surface area contributed by atoms with E-state index in [1.165, 1.54) is 0 Å². The van der Waals surface area contributed by atoms with Gasteiger partial charge in [0.1, 0.15) is 5.82 Å². The van der Waals surface area contributed by atoms with Crippen molar-refractivity contribution >= 4 is 17.4 Å². The van der Waals surface area contributed by atoms with Crippen LogP contribution in [0.15, 0.2) is 36.4 Å². The fraction of sp³-hybridized carbons (Fsp3) is 0.312. The highest BCUT2D eigenvalue weighted by molar-refractivity contribution is 6.01. The number of hydrogen-bond acceptors (Lipinski definition) is 5. The number of para-hydroxylation sites is 1. The van der Waals surface area contributed by atoms with Crippen LogP contribution < -0.4 is 10.2 Å². The molecule has 2 heterocycles. The summed E-state index contributed by atoms with van der Waals surface area (Å²) in [4.78, 5) is 23.1. The zero-order valence-corrected chi connectivity index (χ0v) is 12.5. The second kappa shape index (κ2) is 6.53. The van der Waals surface area contributed by atoms with Crippen molar-refractivity contribution in [2.24, 2.45) is 0 Å². The molecule has 0 spiro atoms. The van der Waals surface area contributed by atoms with Gasteiger partial charge in [-0.1, -0.05) is 18.2 Å². The lowest BCUT2D eigenvalue weighted by molar-refractivity contribution is 0.101. The highest BCUT2D eigenvalue weighted by Gasteiger charge is 2.17. The van der Waals surface area contributed by atoms with E-state index in [0.717, 1.165) is 30.3 Å². The highest BCUT2D eigenvalue weighted by Crippen LogP contribution is 2.15. The average molecular weight is 298 g/mol. The van der Waals surface area contributed by atoms with Gasteiger partial charge in [0.2, 0.25) is 5.82 Å². The smallest absolute Gasteiger partial charge is 0.293 e. The van der Waals surface area contributed by atoms with Gasteiger partial charge in [0.25, 0.3) is 5.91 Å². The Hall–Kier alpha value is -2.47. The highest BCUT2D eigenvalue weighted by atomic mass is 16.5. The van der Waals surface area contributed by atoms with Crippen molar-refractivity contribution in [3.8, 4) is 0 Å². The summed E-state index contributed by atoms with van der Waals surface area (Å²) in [6.07, 6.45) is 0. The second-order valence-electron chi connectivity index (χ2n) is 5.11. The maximum Gasteiger partial charge on any atom is 0.293 e. The molecule has 22 heavy (non-hydrogen) atoms. The van der Waals surface area contributed by atoms with Gasteiger partial charge in [0.15, 0.2) is 0 Å². The number of aryl methyl sites for hydroxylation is 1. The Morgan fingerprint density at radius 3 is 2.64 bits per heavy atom. The summed E-state index contributed by atoms with van der Waals surface area (Å²) in [6, 6.07) is 11.2. The number of carbonyl (C=O) groups is 1. The summed E-state index contributed by atoms with van der Waals surface area (Å²) in [5.74, 6) is 0.656. The number of nitrogens with zero attached hydrogens (tertiary/aromatic N) is 3. The number of ether oxygens (including phenoxy) is 1. The first kappa shape index (κ1) is 14.5. The van der Waals surface area contributed by atoms with Crippen LogP contribution >= 0.6 is 0 Å². The normalized spacial score (nSPS) is 14.7. The maximum absolute atomic E-state index is 12.3. The first-order valence-electron chi connectivity index (χ1n) is 7.27. The summed E-state index contributed by atoms with van der Waals surface area (Å²) < 4.78 is 5.34. The molecule has 1 amide bonds. The van der Waals surface area contributed by atoms with E-state index in [2.05, 4.69) is 20.2 Å². The zero-order chi connectivity index (χ0) is 15.4. The number of aromatic nitrogens is 2. The summed E-state index contributed by atoms with van der Waals surface area (Å²) in [5, 5.41) is 2.81. The Morgan fingerprint density at radius 1 is 1.18 bits per heavy atom. The van der Waals surface area contributed by atoms with Gasteiger partial charge in [-0.15, -0.1) is 0 Å². The largest absolute Gasteiger partial charge is 0.378 e. The molecule has 3 rings (SSSR count). The summed E-state index contributed by atoms with van der Waals surface area (Å²) in [5.41, 5.74) is 1.50. The van der Waals surface area contributed by atoms with Crippen molar-refractivity contribution in [2.45, 2.75) is 6.92 Å². The van der Waals surface area contributed by atoms with E-state index in [-0.39, 0.29) is 11.7 Å². The third kappa shape index (κ3) is 3.40. The van der Waals surface area contributed by atoms with Crippen LogP contribution in [-0.2, 0) is 4.74 Å². The van der Waals surface area contributed by atoms with Crippen molar-refractivity contribution < 1.29 is 9.53 Å². The monoisotopic (exact) mass is 298 g/mol. The second-order valence-corrected chi connectivity index (χ2v) is 5.11. The number of carbonyl (C=O) groups excluding carboxylic acids is 1. The van der Waals surface area contributed by atoms with Crippen LogP contribution in [0.1, 0.15) is 16.3 Å². The molecule has 0 atom stereocenters. The number of rotatable bonds is 3. The van der Waals surface area contributed by atoms with Crippen molar-refractivity contribution in [1.82, 2.24) is 9.97 Å². The molecule has 6 heteroatoms. The molecule has 0 saturated carbocycles. The first-order chi connectivity index (χ1) is 10.7. The standard InChI is InChI=1S/C16H18N4O2/c1-12-11-14(20-7-9-22-10-8-20)19-15(17-12)16(21)18-13-5-3-2-4-6-13/h2-6,11H,7-10H2,1H3,(H,18,21). The first-order valence-corrected chi connectivity index (χ1v) is 7.27. The number of benzene rings is 1. The van der Waals surface area contributed by atoms with Crippen LogP contribution in [0, 0.1) is 6.92 Å². The molecule has 1 aliphatic heterocycles. The van der Waals surface area contributed by atoms with E-state index in [0.29, 0.717) is 13.2 Å². The zero-order valence-electron chi connectivity index (χ0n) is 12.5.